The molecule has 0 unspecified atom stereocenters. The van der Waals surface area contributed by atoms with Crippen molar-refractivity contribution in [2.75, 3.05) is 0 Å². The van der Waals surface area contributed by atoms with E-state index in [2.05, 4.69) is 97.1 Å². The molecule has 0 amide bonds. The van der Waals surface area contributed by atoms with Crippen LogP contribution in [0.1, 0.15) is 0 Å². The molecule has 150 valence electrons. The van der Waals surface area contributed by atoms with Crippen LogP contribution in [0.2, 0.25) is 0 Å². The molecule has 4 heteroatoms. The summed E-state index contributed by atoms with van der Waals surface area (Å²) in [5.41, 5.74) is 0. The van der Waals surface area contributed by atoms with Crippen LogP contribution < -0.4 is 21.2 Å². The van der Waals surface area contributed by atoms with Gasteiger partial charge in [0.1, 0.15) is 0 Å². The van der Waals surface area contributed by atoms with Gasteiger partial charge in [0.15, 0.2) is 0 Å². The van der Waals surface area contributed by atoms with E-state index >= 15 is 0 Å². The van der Waals surface area contributed by atoms with Crippen LogP contribution >= 0.6 is 17.2 Å². The fourth-order valence-electron chi connectivity index (χ4n) is 2.31. The number of hydrogen-bond acceptors (Lipinski definition) is 0. The molecule has 4 aromatic carbocycles. The summed E-state index contributed by atoms with van der Waals surface area (Å²) >= 11 is 0. The zero-order chi connectivity index (χ0) is 17.9. The van der Waals surface area contributed by atoms with Gasteiger partial charge < -0.3 is 17.2 Å². The predicted octanol–water partition coefficient (Wildman–Crippen LogP) is 5.16. The van der Waals surface area contributed by atoms with E-state index in [4.69, 9.17) is 0 Å². The number of hydrogen-bond donors (Lipinski definition) is 0. The van der Waals surface area contributed by atoms with Crippen LogP contribution in [-0.4, -0.2) is 0 Å². The molecule has 0 aliphatic rings. The molecule has 0 saturated carbocycles. The monoisotopic (exact) mass is 764 g/mol. The van der Waals surface area contributed by atoms with Crippen LogP contribution in [0.25, 0.3) is 0 Å². The SMILES string of the molecule is [Au].[Au].c1ccc([P-]c2ccccc2)cc1.c1ccc([P-]c2ccccc2)cc1. The molecule has 0 nitrogen and oxygen atoms in total. The third kappa shape index (κ3) is 9.62. The van der Waals surface area contributed by atoms with Crippen molar-refractivity contribution in [3.05, 3.63) is 121 Å². The van der Waals surface area contributed by atoms with E-state index in [0.717, 1.165) is 0 Å². The molecule has 0 spiro atoms. The van der Waals surface area contributed by atoms with Gasteiger partial charge in [-0.15, -0.1) is 0 Å². The van der Waals surface area contributed by atoms with Crippen molar-refractivity contribution in [2.45, 2.75) is 0 Å². The van der Waals surface area contributed by atoms with Crippen LogP contribution in [0.15, 0.2) is 121 Å². The molecule has 2 radical (unpaired) electrons. The molecular formula is C24H20Au2P2-2. The maximum absolute atomic E-state index is 2.15. The minimum Gasteiger partial charge on any atom is -0.472 e. The molecular weight excluding hydrogens is 744 g/mol. The molecule has 0 fully saturated rings. The fourth-order valence-corrected chi connectivity index (χ4v) is 4.19. The van der Waals surface area contributed by atoms with Gasteiger partial charge in [-0.1, -0.05) is 121 Å². The van der Waals surface area contributed by atoms with Crippen molar-refractivity contribution in [1.29, 1.82) is 0 Å². The number of benzene rings is 4. The fraction of sp³-hybridized carbons (Fsp3) is 0. The zero-order valence-electron chi connectivity index (χ0n) is 15.0. The van der Waals surface area contributed by atoms with Crippen LogP contribution in [0.4, 0.5) is 0 Å². The van der Waals surface area contributed by atoms with E-state index in [1.807, 2.05) is 24.3 Å². The second-order valence-electron chi connectivity index (χ2n) is 5.57. The first kappa shape index (κ1) is 25.3. The minimum absolute atomic E-state index is 0. The van der Waals surface area contributed by atoms with Crippen LogP contribution in [-0.2, 0) is 44.8 Å². The van der Waals surface area contributed by atoms with Crippen molar-refractivity contribution >= 4 is 38.4 Å². The minimum atomic E-state index is 0. The molecule has 0 aromatic heterocycles. The Morgan fingerprint density at radius 2 is 0.464 bits per heavy atom. The van der Waals surface area contributed by atoms with Crippen LogP contribution in [0.5, 0.6) is 0 Å². The van der Waals surface area contributed by atoms with Crippen LogP contribution in [0, 0.1) is 0 Å². The molecule has 28 heavy (non-hydrogen) atoms. The molecule has 0 aliphatic heterocycles. The topological polar surface area (TPSA) is 0 Å². The van der Waals surface area contributed by atoms with Gasteiger partial charge in [-0.25, -0.2) is 21.2 Å². The van der Waals surface area contributed by atoms with E-state index in [-0.39, 0.29) is 44.8 Å². The average Bonchev–Trinajstić information content (AvgIpc) is 2.72. The normalized spacial score (nSPS) is 9.14. The van der Waals surface area contributed by atoms with E-state index in [1.165, 1.54) is 38.4 Å². The summed E-state index contributed by atoms with van der Waals surface area (Å²) in [7, 11) is 2.56. The smallest absolute Gasteiger partial charge is 0 e. The van der Waals surface area contributed by atoms with Gasteiger partial charge in [0, 0.05) is 44.8 Å². The van der Waals surface area contributed by atoms with Crippen LogP contribution in [0.3, 0.4) is 0 Å². The molecule has 0 aliphatic carbocycles. The first-order valence-electron chi connectivity index (χ1n) is 8.54. The Labute approximate surface area is 203 Å². The zero-order valence-corrected chi connectivity index (χ0v) is 21.2. The summed E-state index contributed by atoms with van der Waals surface area (Å²) < 4.78 is 0. The quantitative estimate of drug-likeness (QED) is 0.199. The van der Waals surface area contributed by atoms with E-state index in [9.17, 15) is 0 Å². The van der Waals surface area contributed by atoms with Gasteiger partial charge in [0.25, 0.3) is 0 Å². The van der Waals surface area contributed by atoms with Gasteiger partial charge in [-0.2, -0.15) is 0 Å². The second kappa shape index (κ2) is 15.1. The first-order chi connectivity index (χ1) is 12.9. The summed E-state index contributed by atoms with van der Waals surface area (Å²) in [6, 6.07) is 42.0. The summed E-state index contributed by atoms with van der Waals surface area (Å²) in [6.07, 6.45) is 0. The molecule has 0 N–H and O–H groups in total. The molecule has 4 aromatic rings. The van der Waals surface area contributed by atoms with E-state index in [1.54, 1.807) is 0 Å². The second-order valence-corrected chi connectivity index (χ2v) is 8.08. The maximum atomic E-state index is 2.15. The molecule has 0 saturated heterocycles. The van der Waals surface area contributed by atoms with Gasteiger partial charge in [0.2, 0.25) is 0 Å². The van der Waals surface area contributed by atoms with Gasteiger partial charge in [0.05, 0.1) is 0 Å². The van der Waals surface area contributed by atoms with Gasteiger partial charge in [-0.05, 0) is 0 Å². The summed E-state index contributed by atoms with van der Waals surface area (Å²) in [4.78, 5) is 0. The Bertz CT molecular complexity index is 719. The molecule has 0 heterocycles. The Morgan fingerprint density at radius 1 is 0.286 bits per heavy atom. The van der Waals surface area contributed by atoms with Gasteiger partial charge >= 0.3 is 0 Å². The van der Waals surface area contributed by atoms with E-state index < -0.39 is 0 Å². The summed E-state index contributed by atoms with van der Waals surface area (Å²) in [5.74, 6) is 0. The standard InChI is InChI=1S/2C12H10P.2Au/c2*1-3-7-11(8-4-1)13-12-9-5-2-6-10-12;;/h2*1-10H;;/q2*-1;;. The molecule has 4 rings (SSSR count). The third-order valence-electron chi connectivity index (χ3n) is 3.54. The predicted molar refractivity (Wildman–Crippen MR) is 118 cm³/mol. The summed E-state index contributed by atoms with van der Waals surface area (Å²) in [5, 5.41) is 5.37. The molecule has 0 bridgehead atoms. The Kier molecular flexibility index (Phi) is 13.6. The number of rotatable bonds is 4. The Morgan fingerprint density at radius 3 is 0.643 bits per heavy atom. The van der Waals surface area contributed by atoms with Crippen molar-refractivity contribution < 1.29 is 44.8 Å². The van der Waals surface area contributed by atoms with E-state index in [0.29, 0.717) is 0 Å². The first-order valence-corrected chi connectivity index (χ1v) is 10.3. The van der Waals surface area contributed by atoms with Crippen molar-refractivity contribution in [3.63, 3.8) is 0 Å². The largest absolute Gasteiger partial charge is 0.472 e. The average molecular weight is 764 g/mol. The Balaban J connectivity index is 0.000000261. The molecule has 0 atom stereocenters. The van der Waals surface area contributed by atoms with Crippen molar-refractivity contribution in [2.24, 2.45) is 0 Å². The van der Waals surface area contributed by atoms with Gasteiger partial charge in [-0.3, -0.25) is 0 Å². The third-order valence-corrected chi connectivity index (χ3v) is 5.77. The maximum Gasteiger partial charge on any atom is 0 e. The Hall–Kier alpha value is -0.779. The van der Waals surface area contributed by atoms with Crippen molar-refractivity contribution in [1.82, 2.24) is 0 Å². The van der Waals surface area contributed by atoms with Crippen molar-refractivity contribution in [3.8, 4) is 0 Å². The summed E-state index contributed by atoms with van der Waals surface area (Å²) in [6.45, 7) is 0.